The highest BCUT2D eigenvalue weighted by Crippen LogP contribution is 2.26. The number of nitrogens with one attached hydrogen (secondary N) is 2. The summed E-state index contributed by atoms with van der Waals surface area (Å²) >= 11 is 0. The highest BCUT2D eigenvalue weighted by Gasteiger charge is 2.12. The van der Waals surface area contributed by atoms with Crippen LogP contribution in [-0.2, 0) is 6.42 Å². The summed E-state index contributed by atoms with van der Waals surface area (Å²) < 4.78 is 5.88. The van der Waals surface area contributed by atoms with Crippen molar-refractivity contribution < 1.29 is 9.53 Å². The first-order valence-electron chi connectivity index (χ1n) is 8.90. The Morgan fingerprint density at radius 3 is 2.40 bits per heavy atom. The Bertz CT molecular complexity index is 656. The van der Waals surface area contributed by atoms with Gasteiger partial charge in [-0.3, -0.25) is 0 Å². The van der Waals surface area contributed by atoms with E-state index in [2.05, 4.69) is 42.7 Å². The maximum atomic E-state index is 12.0. The molecule has 2 aromatic carbocycles. The van der Waals surface area contributed by atoms with E-state index < -0.39 is 6.23 Å². The van der Waals surface area contributed by atoms with Gasteiger partial charge in [0.15, 0.2) is 6.23 Å². The minimum Gasteiger partial charge on any atom is -0.471 e. The zero-order valence-electron chi connectivity index (χ0n) is 15.3. The molecular formula is C21H28N2O2. The van der Waals surface area contributed by atoms with E-state index in [0.29, 0.717) is 12.5 Å². The van der Waals surface area contributed by atoms with Gasteiger partial charge >= 0.3 is 6.03 Å². The predicted molar refractivity (Wildman–Crippen MR) is 102 cm³/mol. The van der Waals surface area contributed by atoms with Gasteiger partial charge in [0.2, 0.25) is 0 Å². The highest BCUT2D eigenvalue weighted by molar-refractivity contribution is 5.73. The van der Waals surface area contributed by atoms with Gasteiger partial charge in [0.05, 0.1) is 0 Å². The molecule has 0 radical (unpaired) electrons. The van der Waals surface area contributed by atoms with E-state index in [1.54, 1.807) is 0 Å². The number of hydrogen-bond donors (Lipinski definition) is 2. The van der Waals surface area contributed by atoms with Crippen LogP contribution in [0.15, 0.2) is 54.6 Å². The summed E-state index contributed by atoms with van der Waals surface area (Å²) in [6, 6.07) is 18.0. The Balaban J connectivity index is 1.71. The van der Waals surface area contributed by atoms with Gasteiger partial charge in [0, 0.05) is 6.54 Å². The van der Waals surface area contributed by atoms with Gasteiger partial charge in [-0.15, -0.1) is 0 Å². The van der Waals surface area contributed by atoms with Crippen molar-refractivity contribution in [3.05, 3.63) is 65.7 Å². The van der Waals surface area contributed by atoms with Gasteiger partial charge < -0.3 is 15.4 Å². The van der Waals surface area contributed by atoms with Gasteiger partial charge in [-0.05, 0) is 42.9 Å². The average molecular weight is 340 g/mol. The smallest absolute Gasteiger partial charge is 0.317 e. The lowest BCUT2D eigenvalue weighted by Gasteiger charge is -2.20. The SMILES string of the molecule is CC(NC(=O)NCCCc1ccccc1)Oc1ccccc1C(C)C. The molecule has 1 unspecified atom stereocenters. The Morgan fingerprint density at radius 2 is 1.68 bits per heavy atom. The number of benzene rings is 2. The van der Waals surface area contributed by atoms with Crippen LogP contribution in [0.5, 0.6) is 5.75 Å². The van der Waals surface area contributed by atoms with E-state index in [4.69, 9.17) is 4.74 Å². The molecule has 0 aliphatic carbocycles. The molecule has 2 aromatic rings. The molecule has 0 aliphatic rings. The minimum absolute atomic E-state index is 0.206. The Morgan fingerprint density at radius 1 is 1.00 bits per heavy atom. The van der Waals surface area contributed by atoms with Gasteiger partial charge in [0.1, 0.15) is 5.75 Å². The minimum atomic E-state index is -0.394. The van der Waals surface area contributed by atoms with E-state index in [1.165, 1.54) is 5.56 Å². The normalized spacial score (nSPS) is 11.8. The summed E-state index contributed by atoms with van der Waals surface area (Å²) in [5, 5.41) is 5.70. The van der Waals surface area contributed by atoms with Gasteiger partial charge in [-0.1, -0.05) is 62.4 Å². The molecule has 0 saturated heterocycles. The fraction of sp³-hybridized carbons (Fsp3) is 0.381. The number of amides is 2. The molecule has 0 heterocycles. The predicted octanol–water partition coefficient (Wildman–Crippen LogP) is 4.47. The fourth-order valence-electron chi connectivity index (χ4n) is 2.66. The summed E-state index contributed by atoms with van der Waals surface area (Å²) in [6.07, 6.45) is 1.46. The number of hydrogen-bond acceptors (Lipinski definition) is 2. The van der Waals surface area contributed by atoms with Crippen LogP contribution in [0, 0.1) is 0 Å². The van der Waals surface area contributed by atoms with Crippen molar-refractivity contribution in [2.75, 3.05) is 6.54 Å². The molecule has 4 heteroatoms. The van der Waals surface area contributed by atoms with E-state index in [9.17, 15) is 4.79 Å². The monoisotopic (exact) mass is 340 g/mol. The lowest BCUT2D eigenvalue weighted by molar-refractivity contribution is 0.175. The molecule has 0 spiro atoms. The first-order chi connectivity index (χ1) is 12.1. The second-order valence-corrected chi connectivity index (χ2v) is 6.44. The zero-order chi connectivity index (χ0) is 18.1. The second kappa shape index (κ2) is 9.72. The molecule has 0 fully saturated rings. The second-order valence-electron chi connectivity index (χ2n) is 6.44. The summed E-state index contributed by atoms with van der Waals surface area (Å²) in [5.41, 5.74) is 2.42. The summed E-state index contributed by atoms with van der Waals surface area (Å²) in [7, 11) is 0. The van der Waals surface area contributed by atoms with Crippen LogP contribution in [0.2, 0.25) is 0 Å². The Hall–Kier alpha value is -2.49. The summed E-state index contributed by atoms with van der Waals surface area (Å²) in [5.74, 6) is 1.18. The largest absolute Gasteiger partial charge is 0.471 e. The van der Waals surface area contributed by atoms with Crippen molar-refractivity contribution >= 4 is 6.03 Å². The van der Waals surface area contributed by atoms with E-state index in [1.807, 2.05) is 43.3 Å². The lowest BCUT2D eigenvalue weighted by Crippen LogP contribution is -2.43. The van der Waals surface area contributed by atoms with Crippen LogP contribution in [0.25, 0.3) is 0 Å². The number of rotatable bonds is 8. The van der Waals surface area contributed by atoms with Gasteiger partial charge in [-0.2, -0.15) is 0 Å². The molecule has 0 aliphatic heterocycles. The molecule has 1 atom stereocenters. The van der Waals surface area contributed by atoms with Crippen molar-refractivity contribution in [1.29, 1.82) is 0 Å². The fourth-order valence-corrected chi connectivity index (χ4v) is 2.66. The maximum absolute atomic E-state index is 12.0. The molecule has 0 bridgehead atoms. The number of carbonyl (C=O) groups excluding carboxylic acids is 1. The number of ether oxygens (including phenoxy) is 1. The standard InChI is InChI=1S/C21H28N2O2/c1-16(2)19-13-7-8-14-20(19)25-17(3)23-21(24)22-15-9-12-18-10-5-4-6-11-18/h4-8,10-11,13-14,16-17H,9,12,15H2,1-3H3,(H2,22,23,24). The van der Waals surface area contributed by atoms with Gasteiger partial charge in [-0.25, -0.2) is 4.79 Å². The molecule has 134 valence electrons. The van der Waals surface area contributed by atoms with Crippen molar-refractivity contribution in [2.24, 2.45) is 0 Å². The molecule has 4 nitrogen and oxygen atoms in total. The average Bonchev–Trinajstić information content (AvgIpc) is 2.60. The Labute approximate surface area is 150 Å². The van der Waals surface area contributed by atoms with E-state index in [-0.39, 0.29) is 6.03 Å². The quantitative estimate of drug-likeness (QED) is 0.550. The number of aryl methyl sites for hydroxylation is 1. The van der Waals surface area contributed by atoms with Crippen molar-refractivity contribution in [3.63, 3.8) is 0 Å². The molecule has 2 rings (SSSR count). The zero-order valence-corrected chi connectivity index (χ0v) is 15.3. The van der Waals surface area contributed by atoms with Crippen LogP contribution in [0.1, 0.15) is 44.2 Å². The van der Waals surface area contributed by atoms with E-state index >= 15 is 0 Å². The van der Waals surface area contributed by atoms with Crippen LogP contribution >= 0.6 is 0 Å². The first-order valence-corrected chi connectivity index (χ1v) is 8.90. The molecule has 2 amide bonds. The highest BCUT2D eigenvalue weighted by atomic mass is 16.5. The third kappa shape index (κ3) is 6.49. The number of carbonyl (C=O) groups is 1. The van der Waals surface area contributed by atoms with Crippen molar-refractivity contribution in [1.82, 2.24) is 10.6 Å². The van der Waals surface area contributed by atoms with Crippen LogP contribution in [0.3, 0.4) is 0 Å². The lowest BCUT2D eigenvalue weighted by atomic mass is 10.0. The first kappa shape index (κ1) is 18.8. The van der Waals surface area contributed by atoms with Crippen LogP contribution in [0.4, 0.5) is 4.79 Å². The van der Waals surface area contributed by atoms with Crippen LogP contribution in [-0.4, -0.2) is 18.8 Å². The Kier molecular flexibility index (Phi) is 7.33. The summed E-state index contributed by atoms with van der Waals surface area (Å²) in [6.45, 7) is 6.72. The topological polar surface area (TPSA) is 50.4 Å². The molecule has 2 N–H and O–H groups in total. The third-order valence-electron chi connectivity index (χ3n) is 3.95. The van der Waals surface area contributed by atoms with Crippen molar-refractivity contribution in [3.8, 4) is 5.75 Å². The number of urea groups is 1. The van der Waals surface area contributed by atoms with Gasteiger partial charge in [0.25, 0.3) is 0 Å². The molecule has 0 aromatic heterocycles. The van der Waals surface area contributed by atoms with Crippen molar-refractivity contribution in [2.45, 2.75) is 45.8 Å². The molecule has 0 saturated carbocycles. The van der Waals surface area contributed by atoms with E-state index in [0.717, 1.165) is 24.2 Å². The van der Waals surface area contributed by atoms with Crippen LogP contribution < -0.4 is 15.4 Å². The maximum Gasteiger partial charge on any atom is 0.317 e. The number of para-hydroxylation sites is 1. The third-order valence-corrected chi connectivity index (χ3v) is 3.95. The summed E-state index contributed by atoms with van der Waals surface area (Å²) in [4.78, 5) is 12.0. The molecule has 25 heavy (non-hydrogen) atoms. The molecular weight excluding hydrogens is 312 g/mol.